The van der Waals surface area contributed by atoms with Gasteiger partial charge in [-0.1, -0.05) is 13.8 Å². The summed E-state index contributed by atoms with van der Waals surface area (Å²) in [6, 6.07) is 4.11. The Morgan fingerprint density at radius 3 is 2.82 bits per heavy atom. The number of thiol groups is 1. The van der Waals surface area contributed by atoms with Crippen LogP contribution in [0.2, 0.25) is 0 Å². The van der Waals surface area contributed by atoms with Crippen molar-refractivity contribution in [3.63, 3.8) is 0 Å². The van der Waals surface area contributed by atoms with E-state index < -0.39 is 0 Å². The third kappa shape index (κ3) is 2.42. The van der Waals surface area contributed by atoms with Crippen molar-refractivity contribution in [1.82, 2.24) is 4.98 Å². The van der Waals surface area contributed by atoms with Gasteiger partial charge in [0, 0.05) is 6.20 Å². The zero-order valence-corrected chi connectivity index (χ0v) is 8.32. The molecule has 11 heavy (non-hydrogen) atoms. The lowest BCUT2D eigenvalue weighted by Crippen LogP contribution is -1.87. The van der Waals surface area contributed by atoms with Gasteiger partial charge in [0.25, 0.3) is 0 Å². The number of pyridine rings is 1. The standard InChI is InChI=1S/C8H11NS2/c1-6(2)7-3-4-9-8(5-7)11-10/h3-6,10H,1-2H3. The van der Waals surface area contributed by atoms with Gasteiger partial charge in [-0.3, -0.25) is 0 Å². The van der Waals surface area contributed by atoms with Gasteiger partial charge in [-0.15, -0.1) is 11.7 Å². The highest BCUT2D eigenvalue weighted by Crippen LogP contribution is 2.22. The van der Waals surface area contributed by atoms with Crippen molar-refractivity contribution in [3.05, 3.63) is 23.9 Å². The Hall–Kier alpha value is -0.150. The molecule has 0 atom stereocenters. The Kier molecular flexibility index (Phi) is 3.27. The highest BCUT2D eigenvalue weighted by molar-refractivity contribution is 8.68. The molecule has 0 spiro atoms. The summed E-state index contributed by atoms with van der Waals surface area (Å²) in [4.78, 5) is 4.13. The first kappa shape index (κ1) is 8.94. The van der Waals surface area contributed by atoms with Crippen LogP contribution in [0, 0.1) is 0 Å². The molecule has 0 aliphatic heterocycles. The second-order valence-electron chi connectivity index (χ2n) is 2.67. The van der Waals surface area contributed by atoms with Crippen molar-refractivity contribution in [2.24, 2.45) is 0 Å². The minimum absolute atomic E-state index is 0.567. The van der Waals surface area contributed by atoms with E-state index in [1.165, 1.54) is 16.4 Å². The van der Waals surface area contributed by atoms with Crippen LogP contribution in [-0.4, -0.2) is 4.98 Å². The molecule has 0 aliphatic rings. The van der Waals surface area contributed by atoms with Crippen LogP contribution >= 0.6 is 22.5 Å². The summed E-state index contributed by atoms with van der Waals surface area (Å²) in [7, 11) is 1.38. The lowest BCUT2D eigenvalue weighted by Gasteiger charge is -2.04. The van der Waals surface area contributed by atoms with Crippen molar-refractivity contribution in [2.75, 3.05) is 0 Å². The molecule has 1 aromatic rings. The topological polar surface area (TPSA) is 12.9 Å². The van der Waals surface area contributed by atoms with Crippen LogP contribution in [0.15, 0.2) is 23.4 Å². The molecule has 0 saturated carbocycles. The number of rotatable bonds is 2. The van der Waals surface area contributed by atoms with Crippen molar-refractivity contribution in [3.8, 4) is 0 Å². The fraction of sp³-hybridized carbons (Fsp3) is 0.375. The SMILES string of the molecule is CC(C)c1ccnc(SS)c1. The number of nitrogens with zero attached hydrogens (tertiary/aromatic N) is 1. The van der Waals surface area contributed by atoms with Crippen LogP contribution in [0.3, 0.4) is 0 Å². The first-order chi connectivity index (χ1) is 5.24. The molecule has 0 bridgehead atoms. The molecule has 0 fully saturated rings. The van der Waals surface area contributed by atoms with Crippen LogP contribution in [-0.2, 0) is 0 Å². The first-order valence-electron chi connectivity index (χ1n) is 3.51. The maximum absolute atomic E-state index is 4.13. The summed E-state index contributed by atoms with van der Waals surface area (Å²) >= 11 is 4.08. The smallest absolute Gasteiger partial charge is 0.107 e. The predicted molar refractivity (Wildman–Crippen MR) is 53.2 cm³/mol. The van der Waals surface area contributed by atoms with E-state index in [2.05, 4.69) is 36.6 Å². The minimum atomic E-state index is 0.567. The molecule has 1 aromatic heterocycles. The van der Waals surface area contributed by atoms with Gasteiger partial charge in [0.15, 0.2) is 0 Å². The van der Waals surface area contributed by atoms with Gasteiger partial charge < -0.3 is 0 Å². The van der Waals surface area contributed by atoms with E-state index in [1.807, 2.05) is 12.3 Å². The zero-order chi connectivity index (χ0) is 8.27. The van der Waals surface area contributed by atoms with E-state index in [1.54, 1.807) is 0 Å². The minimum Gasteiger partial charge on any atom is -0.249 e. The quantitative estimate of drug-likeness (QED) is 0.561. The van der Waals surface area contributed by atoms with Crippen molar-refractivity contribution in [1.29, 1.82) is 0 Å². The summed E-state index contributed by atoms with van der Waals surface area (Å²) in [6.45, 7) is 4.34. The summed E-state index contributed by atoms with van der Waals surface area (Å²) in [5.74, 6) is 0.567. The number of hydrogen-bond acceptors (Lipinski definition) is 3. The van der Waals surface area contributed by atoms with Gasteiger partial charge in [0.1, 0.15) is 5.03 Å². The van der Waals surface area contributed by atoms with E-state index in [4.69, 9.17) is 0 Å². The molecule has 0 N–H and O–H groups in total. The largest absolute Gasteiger partial charge is 0.249 e. The van der Waals surface area contributed by atoms with E-state index in [-0.39, 0.29) is 0 Å². The first-order valence-corrected chi connectivity index (χ1v) is 5.38. The highest BCUT2D eigenvalue weighted by atomic mass is 33.1. The molecular weight excluding hydrogens is 174 g/mol. The van der Waals surface area contributed by atoms with Crippen LogP contribution < -0.4 is 0 Å². The molecule has 0 aromatic carbocycles. The molecule has 0 unspecified atom stereocenters. The van der Waals surface area contributed by atoms with Gasteiger partial charge in [-0.05, 0) is 34.4 Å². The average molecular weight is 185 g/mol. The third-order valence-electron chi connectivity index (χ3n) is 1.52. The zero-order valence-electron chi connectivity index (χ0n) is 6.61. The number of hydrogen-bond donors (Lipinski definition) is 1. The normalized spacial score (nSPS) is 10.5. The lowest BCUT2D eigenvalue weighted by atomic mass is 10.1. The molecule has 1 rings (SSSR count). The third-order valence-corrected chi connectivity index (χ3v) is 2.49. The molecular formula is C8H11NS2. The Morgan fingerprint density at radius 2 is 2.27 bits per heavy atom. The maximum Gasteiger partial charge on any atom is 0.107 e. The van der Waals surface area contributed by atoms with Crippen LogP contribution in [0.4, 0.5) is 0 Å². The Balaban J connectivity index is 2.91. The monoisotopic (exact) mass is 185 g/mol. The summed E-state index contributed by atoms with van der Waals surface area (Å²) < 4.78 is 0. The highest BCUT2D eigenvalue weighted by Gasteiger charge is 1.99. The fourth-order valence-corrected chi connectivity index (χ4v) is 1.43. The van der Waals surface area contributed by atoms with E-state index in [9.17, 15) is 0 Å². The van der Waals surface area contributed by atoms with E-state index in [0.29, 0.717) is 5.92 Å². The molecule has 0 amide bonds. The van der Waals surface area contributed by atoms with Gasteiger partial charge in [-0.2, -0.15) is 0 Å². The van der Waals surface area contributed by atoms with Gasteiger partial charge in [0.2, 0.25) is 0 Å². The molecule has 0 radical (unpaired) electrons. The summed E-state index contributed by atoms with van der Waals surface area (Å²) in [5, 5.41) is 0.972. The average Bonchev–Trinajstić information content (AvgIpc) is 2.05. The van der Waals surface area contributed by atoms with Crippen LogP contribution in [0.25, 0.3) is 0 Å². The van der Waals surface area contributed by atoms with Crippen molar-refractivity contribution < 1.29 is 0 Å². The van der Waals surface area contributed by atoms with E-state index in [0.717, 1.165) is 5.03 Å². The Labute approximate surface area is 76.4 Å². The molecule has 1 nitrogen and oxygen atoms in total. The summed E-state index contributed by atoms with van der Waals surface area (Å²) in [6.07, 6.45) is 1.83. The Bertz CT molecular complexity index is 235. The second-order valence-corrected chi connectivity index (χ2v) is 3.82. The maximum atomic E-state index is 4.13. The fourth-order valence-electron chi connectivity index (χ4n) is 0.834. The molecule has 0 aliphatic carbocycles. The molecule has 1 heterocycles. The Morgan fingerprint density at radius 1 is 1.55 bits per heavy atom. The van der Waals surface area contributed by atoms with Gasteiger partial charge in [0.05, 0.1) is 0 Å². The van der Waals surface area contributed by atoms with Gasteiger partial charge in [-0.25, -0.2) is 4.98 Å². The van der Waals surface area contributed by atoms with Crippen molar-refractivity contribution >= 4 is 22.5 Å². The lowest BCUT2D eigenvalue weighted by molar-refractivity contribution is 0.853. The molecule has 0 saturated heterocycles. The van der Waals surface area contributed by atoms with E-state index >= 15 is 0 Å². The molecule has 3 heteroatoms. The second kappa shape index (κ2) is 4.02. The summed E-state index contributed by atoms with van der Waals surface area (Å²) in [5.41, 5.74) is 1.32. The van der Waals surface area contributed by atoms with Crippen molar-refractivity contribution in [2.45, 2.75) is 24.8 Å². The predicted octanol–water partition coefficient (Wildman–Crippen LogP) is 3.14. The van der Waals surface area contributed by atoms with Gasteiger partial charge >= 0.3 is 0 Å². The van der Waals surface area contributed by atoms with Crippen LogP contribution in [0.5, 0.6) is 0 Å². The van der Waals surface area contributed by atoms with Crippen LogP contribution in [0.1, 0.15) is 25.3 Å². The molecule has 60 valence electrons. The number of aromatic nitrogens is 1.